The van der Waals surface area contributed by atoms with E-state index in [9.17, 15) is 4.79 Å². The second kappa shape index (κ2) is 7.72. The monoisotopic (exact) mass is 374 g/mol. The van der Waals surface area contributed by atoms with Crippen molar-refractivity contribution in [2.45, 2.75) is 13.0 Å². The first kappa shape index (κ1) is 17.5. The molecule has 1 aromatic heterocycles. The van der Waals surface area contributed by atoms with Crippen LogP contribution in [0, 0.1) is 0 Å². The maximum Gasteiger partial charge on any atom is 0.337 e. The maximum absolute atomic E-state index is 11.5. The number of hydrogen-bond acceptors (Lipinski definition) is 3. The van der Waals surface area contributed by atoms with E-state index >= 15 is 0 Å². The molecule has 0 atom stereocenters. The number of nitrogens with zero attached hydrogens (tertiary/aromatic N) is 2. The Morgan fingerprint density at radius 1 is 1.08 bits per heavy atom. The molecule has 0 fully saturated rings. The van der Waals surface area contributed by atoms with Gasteiger partial charge in [0.2, 0.25) is 0 Å². The number of carbonyl (C=O) groups excluding carboxylic acids is 1. The summed E-state index contributed by atoms with van der Waals surface area (Å²) in [6, 6.07) is 12.8. The van der Waals surface area contributed by atoms with Crippen LogP contribution in [0.15, 0.2) is 54.9 Å². The normalized spacial score (nSPS) is 10.7. The van der Waals surface area contributed by atoms with E-state index in [1.165, 1.54) is 7.11 Å². The zero-order valence-corrected chi connectivity index (χ0v) is 15.1. The summed E-state index contributed by atoms with van der Waals surface area (Å²) < 4.78 is 6.77. The van der Waals surface area contributed by atoms with Crippen molar-refractivity contribution in [2.24, 2.45) is 0 Å². The van der Waals surface area contributed by atoms with Crippen LogP contribution in [-0.2, 0) is 17.7 Å². The fourth-order valence-corrected chi connectivity index (χ4v) is 3.18. The zero-order valence-electron chi connectivity index (χ0n) is 13.6. The highest BCUT2D eigenvalue weighted by Gasteiger charge is 2.08. The van der Waals surface area contributed by atoms with Gasteiger partial charge < -0.3 is 9.30 Å². The Hall–Kier alpha value is -2.30. The molecule has 1 heterocycles. The van der Waals surface area contributed by atoms with Gasteiger partial charge in [0.1, 0.15) is 5.82 Å². The number of aromatic nitrogens is 2. The largest absolute Gasteiger partial charge is 0.465 e. The molecule has 3 aromatic rings. The molecular formula is C19H16Cl2N2O2. The summed E-state index contributed by atoms with van der Waals surface area (Å²) in [5.41, 5.74) is 2.60. The van der Waals surface area contributed by atoms with Crippen LogP contribution >= 0.6 is 23.2 Å². The first-order chi connectivity index (χ1) is 12.0. The summed E-state index contributed by atoms with van der Waals surface area (Å²) in [4.78, 5) is 15.9. The lowest BCUT2D eigenvalue weighted by atomic mass is 10.1. The number of rotatable bonds is 5. The van der Waals surface area contributed by atoms with Gasteiger partial charge in [-0.15, -0.1) is 0 Å². The lowest BCUT2D eigenvalue weighted by molar-refractivity contribution is 0.0600. The molecular weight excluding hydrogens is 359 g/mol. The van der Waals surface area contributed by atoms with Crippen LogP contribution in [-0.4, -0.2) is 22.6 Å². The van der Waals surface area contributed by atoms with Crippen molar-refractivity contribution in [3.63, 3.8) is 0 Å². The number of benzene rings is 2. The van der Waals surface area contributed by atoms with Gasteiger partial charge in [-0.25, -0.2) is 9.78 Å². The number of hydrogen-bond donors (Lipinski definition) is 0. The van der Waals surface area contributed by atoms with Crippen LogP contribution in [0.3, 0.4) is 0 Å². The number of halogens is 2. The summed E-state index contributed by atoms with van der Waals surface area (Å²) in [7, 11) is 1.37. The average molecular weight is 375 g/mol. The third-order valence-corrected chi connectivity index (χ3v) is 4.25. The Bertz CT molecular complexity index is 868. The van der Waals surface area contributed by atoms with Gasteiger partial charge in [-0.2, -0.15) is 0 Å². The van der Waals surface area contributed by atoms with Gasteiger partial charge in [0.25, 0.3) is 0 Å². The van der Waals surface area contributed by atoms with E-state index in [0.29, 0.717) is 28.6 Å². The minimum Gasteiger partial charge on any atom is -0.465 e. The highest BCUT2D eigenvalue weighted by molar-refractivity contribution is 6.34. The van der Waals surface area contributed by atoms with E-state index in [2.05, 4.69) is 9.55 Å². The van der Waals surface area contributed by atoms with Gasteiger partial charge in [-0.05, 0) is 41.5 Å². The molecule has 0 aliphatic heterocycles. The molecule has 0 spiro atoms. The summed E-state index contributed by atoms with van der Waals surface area (Å²) in [5.74, 6) is 0.572. The van der Waals surface area contributed by atoms with E-state index in [1.54, 1.807) is 24.4 Å². The second-order valence-corrected chi connectivity index (χ2v) is 6.49. The van der Waals surface area contributed by atoms with E-state index in [4.69, 9.17) is 27.9 Å². The fourth-order valence-electron chi connectivity index (χ4n) is 2.61. The number of methoxy groups -OCH3 is 1. The van der Waals surface area contributed by atoms with Crippen molar-refractivity contribution < 1.29 is 9.53 Å². The predicted octanol–water partition coefficient (Wildman–Crippen LogP) is 4.62. The second-order valence-electron chi connectivity index (χ2n) is 5.61. The molecule has 0 unspecified atom stereocenters. The van der Waals surface area contributed by atoms with Crippen molar-refractivity contribution >= 4 is 29.2 Å². The molecule has 0 N–H and O–H groups in total. The van der Waals surface area contributed by atoms with Gasteiger partial charge in [0.05, 0.1) is 12.7 Å². The number of carbonyl (C=O) groups is 1. The van der Waals surface area contributed by atoms with E-state index in [-0.39, 0.29) is 5.97 Å². The van der Waals surface area contributed by atoms with Gasteiger partial charge in [-0.3, -0.25) is 0 Å². The molecule has 128 valence electrons. The van der Waals surface area contributed by atoms with Crippen LogP contribution in [0.4, 0.5) is 0 Å². The lowest BCUT2D eigenvalue weighted by Crippen LogP contribution is -2.06. The van der Waals surface area contributed by atoms with Crippen LogP contribution < -0.4 is 0 Å². The standard InChI is InChI=1S/C19H16Cl2N2O2/c1-25-19(24)15-4-2-13(3-5-15)12-23-7-6-22-18(23)10-14-8-16(20)11-17(21)9-14/h2-9,11H,10,12H2,1H3. The highest BCUT2D eigenvalue weighted by Crippen LogP contribution is 2.21. The molecule has 2 aromatic carbocycles. The van der Waals surface area contributed by atoms with Crippen molar-refractivity contribution in [3.05, 3.63) is 87.4 Å². The molecule has 0 bridgehead atoms. The van der Waals surface area contributed by atoms with E-state index in [0.717, 1.165) is 17.0 Å². The van der Waals surface area contributed by atoms with Gasteiger partial charge in [0, 0.05) is 35.4 Å². The first-order valence-electron chi connectivity index (χ1n) is 7.67. The van der Waals surface area contributed by atoms with Crippen LogP contribution in [0.25, 0.3) is 0 Å². The number of ether oxygens (including phenoxy) is 1. The van der Waals surface area contributed by atoms with Gasteiger partial charge in [0.15, 0.2) is 0 Å². The quantitative estimate of drug-likeness (QED) is 0.612. The molecule has 0 saturated carbocycles. The Balaban J connectivity index is 1.76. The smallest absolute Gasteiger partial charge is 0.337 e. The predicted molar refractivity (Wildman–Crippen MR) is 98.4 cm³/mol. The van der Waals surface area contributed by atoms with Crippen molar-refractivity contribution in [1.29, 1.82) is 0 Å². The Labute approximate surface area is 156 Å². The van der Waals surface area contributed by atoms with Crippen LogP contribution in [0.5, 0.6) is 0 Å². The Morgan fingerprint density at radius 2 is 1.76 bits per heavy atom. The molecule has 0 aliphatic rings. The molecule has 25 heavy (non-hydrogen) atoms. The molecule has 4 nitrogen and oxygen atoms in total. The third kappa shape index (κ3) is 4.41. The minimum atomic E-state index is -0.340. The average Bonchev–Trinajstić information content (AvgIpc) is 3.00. The molecule has 0 aliphatic carbocycles. The van der Waals surface area contributed by atoms with Gasteiger partial charge in [-0.1, -0.05) is 35.3 Å². The molecule has 0 radical (unpaired) electrons. The number of esters is 1. The first-order valence-corrected chi connectivity index (χ1v) is 8.43. The van der Waals surface area contributed by atoms with Gasteiger partial charge >= 0.3 is 5.97 Å². The Morgan fingerprint density at radius 3 is 2.40 bits per heavy atom. The number of imidazole rings is 1. The van der Waals surface area contributed by atoms with Crippen LogP contribution in [0.1, 0.15) is 27.3 Å². The molecule has 3 rings (SSSR count). The van der Waals surface area contributed by atoms with Crippen molar-refractivity contribution in [1.82, 2.24) is 9.55 Å². The third-order valence-electron chi connectivity index (χ3n) is 3.81. The molecule has 0 saturated heterocycles. The molecule has 0 amide bonds. The summed E-state index contributed by atoms with van der Waals surface area (Å²) in [5, 5.41) is 1.22. The summed E-state index contributed by atoms with van der Waals surface area (Å²) in [6.07, 6.45) is 4.33. The topological polar surface area (TPSA) is 44.1 Å². The maximum atomic E-state index is 11.5. The minimum absolute atomic E-state index is 0.340. The van der Waals surface area contributed by atoms with E-state index < -0.39 is 0 Å². The van der Waals surface area contributed by atoms with E-state index in [1.807, 2.05) is 30.5 Å². The summed E-state index contributed by atoms with van der Waals surface area (Å²) in [6.45, 7) is 0.658. The molecule has 6 heteroatoms. The SMILES string of the molecule is COC(=O)c1ccc(Cn2ccnc2Cc2cc(Cl)cc(Cl)c2)cc1. The van der Waals surface area contributed by atoms with Crippen molar-refractivity contribution in [2.75, 3.05) is 7.11 Å². The highest BCUT2D eigenvalue weighted by atomic mass is 35.5. The fraction of sp³-hybridized carbons (Fsp3) is 0.158. The van der Waals surface area contributed by atoms with Crippen molar-refractivity contribution in [3.8, 4) is 0 Å². The zero-order chi connectivity index (χ0) is 17.8. The van der Waals surface area contributed by atoms with Crippen LogP contribution in [0.2, 0.25) is 10.0 Å². The Kier molecular flexibility index (Phi) is 5.41. The lowest BCUT2D eigenvalue weighted by Gasteiger charge is -2.09. The summed E-state index contributed by atoms with van der Waals surface area (Å²) >= 11 is 12.1.